The van der Waals surface area contributed by atoms with Crippen LogP contribution in [0.1, 0.15) is 55.6 Å². The molecule has 0 radical (unpaired) electrons. The van der Waals surface area contributed by atoms with E-state index in [9.17, 15) is 14.4 Å². The summed E-state index contributed by atoms with van der Waals surface area (Å²) in [7, 11) is 1.62. The molecule has 186 valence electrons. The Hall–Kier alpha value is -3.39. The van der Waals surface area contributed by atoms with E-state index in [1.54, 1.807) is 7.11 Å². The summed E-state index contributed by atoms with van der Waals surface area (Å²) >= 11 is 0. The van der Waals surface area contributed by atoms with E-state index < -0.39 is 24.0 Å². The van der Waals surface area contributed by atoms with E-state index in [4.69, 9.17) is 14.6 Å². The summed E-state index contributed by atoms with van der Waals surface area (Å²) in [4.78, 5) is 36.8. The number of alkyl carbamates (subject to hydrolysis) is 1. The highest BCUT2D eigenvalue weighted by molar-refractivity contribution is 5.86. The molecule has 8 heteroatoms. The predicted molar refractivity (Wildman–Crippen MR) is 130 cm³/mol. The SMILES string of the molecule is CO[C@@H]1CCCC[C@H]1NC(=O)C(CCC(=O)O)NC(=O)OCC1c2ccccc2-c2ccccc21. The molecule has 3 atom stereocenters. The van der Waals surface area contributed by atoms with E-state index in [1.807, 2.05) is 36.4 Å². The molecule has 1 saturated carbocycles. The highest BCUT2D eigenvalue weighted by Gasteiger charge is 2.32. The van der Waals surface area contributed by atoms with Crippen molar-refractivity contribution in [2.45, 2.75) is 62.6 Å². The van der Waals surface area contributed by atoms with Gasteiger partial charge in [-0.15, -0.1) is 0 Å². The van der Waals surface area contributed by atoms with E-state index in [-0.39, 0.29) is 37.5 Å². The molecule has 2 aliphatic carbocycles. The minimum Gasteiger partial charge on any atom is -0.481 e. The first-order chi connectivity index (χ1) is 17.0. The van der Waals surface area contributed by atoms with Crippen LogP contribution in [0.5, 0.6) is 0 Å². The van der Waals surface area contributed by atoms with Crippen molar-refractivity contribution >= 4 is 18.0 Å². The summed E-state index contributed by atoms with van der Waals surface area (Å²) in [6, 6.07) is 14.9. The molecular weight excluding hydrogens is 448 g/mol. The van der Waals surface area contributed by atoms with Crippen LogP contribution >= 0.6 is 0 Å². The molecule has 8 nitrogen and oxygen atoms in total. The lowest BCUT2D eigenvalue weighted by atomic mass is 9.92. The third kappa shape index (κ3) is 5.82. The Morgan fingerprint density at radius 1 is 1.00 bits per heavy atom. The minimum atomic E-state index is -1.04. The summed E-state index contributed by atoms with van der Waals surface area (Å²) in [5, 5.41) is 14.7. The Kier molecular flexibility index (Phi) is 8.02. The largest absolute Gasteiger partial charge is 0.481 e. The molecule has 2 amide bonds. The number of hydrogen-bond acceptors (Lipinski definition) is 5. The van der Waals surface area contributed by atoms with Crippen molar-refractivity contribution < 1.29 is 29.0 Å². The van der Waals surface area contributed by atoms with Crippen molar-refractivity contribution in [1.82, 2.24) is 10.6 Å². The van der Waals surface area contributed by atoms with Gasteiger partial charge in [-0.1, -0.05) is 61.4 Å². The highest BCUT2D eigenvalue weighted by Crippen LogP contribution is 2.44. The van der Waals surface area contributed by atoms with E-state index in [0.717, 1.165) is 47.9 Å². The van der Waals surface area contributed by atoms with Crippen molar-refractivity contribution in [2.75, 3.05) is 13.7 Å². The zero-order chi connectivity index (χ0) is 24.8. The van der Waals surface area contributed by atoms with Crippen LogP contribution in [0, 0.1) is 0 Å². The lowest BCUT2D eigenvalue weighted by molar-refractivity contribution is -0.137. The molecule has 35 heavy (non-hydrogen) atoms. The molecule has 0 aromatic heterocycles. The second-order valence-corrected chi connectivity index (χ2v) is 9.13. The molecule has 2 aromatic carbocycles. The first kappa shape index (κ1) is 24.7. The van der Waals surface area contributed by atoms with Gasteiger partial charge in [0.1, 0.15) is 12.6 Å². The fraction of sp³-hybridized carbons (Fsp3) is 0.444. The summed E-state index contributed by atoms with van der Waals surface area (Å²) in [5.74, 6) is -1.57. The van der Waals surface area contributed by atoms with Gasteiger partial charge in [-0.3, -0.25) is 9.59 Å². The van der Waals surface area contributed by atoms with E-state index >= 15 is 0 Å². The third-order valence-corrected chi connectivity index (χ3v) is 6.93. The average molecular weight is 481 g/mol. The Morgan fingerprint density at radius 3 is 2.26 bits per heavy atom. The molecular formula is C27H32N2O6. The summed E-state index contributed by atoms with van der Waals surface area (Å²) in [5.41, 5.74) is 4.42. The minimum absolute atomic E-state index is 0.0320. The number of benzene rings is 2. The number of amides is 2. The molecule has 1 fully saturated rings. The van der Waals surface area contributed by atoms with Gasteiger partial charge in [0.05, 0.1) is 12.1 Å². The predicted octanol–water partition coefficient (Wildman–Crippen LogP) is 3.83. The number of carboxylic acids is 1. The number of hydrogen-bond donors (Lipinski definition) is 3. The molecule has 0 aliphatic heterocycles. The molecule has 0 saturated heterocycles. The van der Waals surface area contributed by atoms with Crippen molar-refractivity contribution in [1.29, 1.82) is 0 Å². The fourth-order valence-electron chi connectivity index (χ4n) is 5.15. The average Bonchev–Trinajstić information content (AvgIpc) is 3.19. The van der Waals surface area contributed by atoms with Gasteiger partial charge >= 0.3 is 12.1 Å². The van der Waals surface area contributed by atoms with Crippen LogP contribution in [0.25, 0.3) is 11.1 Å². The van der Waals surface area contributed by atoms with Gasteiger partial charge in [0, 0.05) is 19.4 Å². The van der Waals surface area contributed by atoms with Crippen LogP contribution in [0.4, 0.5) is 4.79 Å². The number of carbonyl (C=O) groups is 3. The standard InChI is InChI=1S/C27H32N2O6/c1-34-24-13-7-6-12-22(24)28-26(32)23(14-15-25(30)31)29-27(33)35-16-21-19-10-4-2-8-17(19)18-9-3-5-11-20(18)21/h2-5,8-11,21-24H,6-7,12-16H2,1H3,(H,28,32)(H,29,33)(H,30,31)/t22-,23?,24-/m1/s1. The maximum absolute atomic E-state index is 13.0. The van der Waals surface area contributed by atoms with Crippen molar-refractivity contribution in [3.05, 3.63) is 59.7 Å². The van der Waals surface area contributed by atoms with Crippen molar-refractivity contribution in [2.24, 2.45) is 0 Å². The fourth-order valence-corrected chi connectivity index (χ4v) is 5.15. The van der Waals surface area contributed by atoms with Crippen LogP contribution in [0.2, 0.25) is 0 Å². The van der Waals surface area contributed by atoms with Crippen molar-refractivity contribution in [3.8, 4) is 11.1 Å². The van der Waals surface area contributed by atoms with Gasteiger partial charge in [-0.25, -0.2) is 4.79 Å². The molecule has 2 aromatic rings. The lowest BCUT2D eigenvalue weighted by Crippen LogP contribution is -2.53. The lowest BCUT2D eigenvalue weighted by Gasteiger charge is -2.32. The normalized spacial score (nSPS) is 19.8. The molecule has 3 N–H and O–H groups in total. The van der Waals surface area contributed by atoms with Gasteiger partial charge in [-0.05, 0) is 41.5 Å². The number of carbonyl (C=O) groups excluding carboxylic acids is 2. The number of ether oxygens (including phenoxy) is 2. The molecule has 1 unspecified atom stereocenters. The van der Waals surface area contributed by atoms with Crippen LogP contribution in [0.3, 0.4) is 0 Å². The number of methoxy groups -OCH3 is 1. The summed E-state index contributed by atoms with van der Waals surface area (Å²) in [6.45, 7) is 0.113. The van der Waals surface area contributed by atoms with Crippen LogP contribution in [-0.2, 0) is 19.1 Å². The summed E-state index contributed by atoms with van der Waals surface area (Å²) < 4.78 is 11.1. The number of carboxylic acid groups (broad SMARTS) is 1. The van der Waals surface area contributed by atoms with E-state index in [2.05, 4.69) is 22.8 Å². The molecule has 2 aliphatic rings. The number of nitrogens with one attached hydrogen (secondary N) is 2. The van der Waals surface area contributed by atoms with E-state index in [1.165, 1.54) is 0 Å². The Balaban J connectivity index is 1.40. The third-order valence-electron chi connectivity index (χ3n) is 6.93. The Morgan fingerprint density at radius 2 is 1.63 bits per heavy atom. The monoisotopic (exact) mass is 480 g/mol. The molecule has 0 bridgehead atoms. The first-order valence-corrected chi connectivity index (χ1v) is 12.1. The number of fused-ring (bicyclic) bond motifs is 3. The Labute approximate surface area is 205 Å². The molecule has 4 rings (SSSR count). The second kappa shape index (κ2) is 11.4. The first-order valence-electron chi connectivity index (χ1n) is 12.1. The Bertz CT molecular complexity index is 1030. The van der Waals surface area contributed by atoms with Gasteiger partial charge in [0.25, 0.3) is 0 Å². The smallest absolute Gasteiger partial charge is 0.407 e. The van der Waals surface area contributed by atoms with Gasteiger partial charge in [0.2, 0.25) is 5.91 Å². The highest BCUT2D eigenvalue weighted by atomic mass is 16.5. The number of aliphatic carboxylic acids is 1. The number of rotatable bonds is 9. The second-order valence-electron chi connectivity index (χ2n) is 9.13. The van der Waals surface area contributed by atoms with Gasteiger partial charge in [0.15, 0.2) is 0 Å². The maximum atomic E-state index is 13.0. The quantitative estimate of drug-likeness (QED) is 0.503. The van der Waals surface area contributed by atoms with Crippen molar-refractivity contribution in [3.63, 3.8) is 0 Å². The van der Waals surface area contributed by atoms with Crippen LogP contribution in [-0.4, -0.2) is 55.0 Å². The van der Waals surface area contributed by atoms with Gasteiger partial charge in [-0.2, -0.15) is 0 Å². The van der Waals surface area contributed by atoms with E-state index in [0.29, 0.717) is 0 Å². The molecule has 0 heterocycles. The van der Waals surface area contributed by atoms with Crippen LogP contribution in [0.15, 0.2) is 48.5 Å². The zero-order valence-electron chi connectivity index (χ0n) is 19.9. The topological polar surface area (TPSA) is 114 Å². The maximum Gasteiger partial charge on any atom is 0.407 e. The molecule has 0 spiro atoms. The zero-order valence-corrected chi connectivity index (χ0v) is 19.9. The summed E-state index contributed by atoms with van der Waals surface area (Å²) in [6.07, 6.45) is 2.51. The van der Waals surface area contributed by atoms with Gasteiger partial charge < -0.3 is 25.2 Å². The van der Waals surface area contributed by atoms with Crippen LogP contribution < -0.4 is 10.6 Å².